The van der Waals surface area contributed by atoms with Crippen molar-refractivity contribution >= 4 is 23.6 Å². The topological polar surface area (TPSA) is 146 Å². The van der Waals surface area contributed by atoms with Crippen LogP contribution in [0.25, 0.3) is 0 Å². The van der Waals surface area contributed by atoms with Crippen LogP contribution < -0.4 is 20.1 Å². The molecule has 0 aliphatic heterocycles. The number of ether oxygens (including phenoxy) is 3. The van der Waals surface area contributed by atoms with Gasteiger partial charge in [-0.15, -0.1) is 0 Å². The summed E-state index contributed by atoms with van der Waals surface area (Å²) in [6.07, 6.45) is 0. The number of amides is 3. The Labute approximate surface area is 155 Å². The van der Waals surface area contributed by atoms with Gasteiger partial charge in [0.1, 0.15) is 5.56 Å². The molecule has 11 heteroatoms. The average molecular weight is 383 g/mol. The minimum absolute atomic E-state index is 0.0531. The summed E-state index contributed by atoms with van der Waals surface area (Å²) in [4.78, 5) is 45.8. The molecule has 0 aromatic heterocycles. The number of hydrogen-bond acceptors (Lipinski definition) is 8. The van der Waals surface area contributed by atoms with Gasteiger partial charge in [0.05, 0.1) is 25.2 Å². The molecule has 0 unspecified atom stereocenters. The summed E-state index contributed by atoms with van der Waals surface area (Å²) in [5, 5.41) is 15.6. The molecule has 0 aliphatic rings. The van der Waals surface area contributed by atoms with E-state index in [0.717, 1.165) is 12.1 Å². The summed E-state index contributed by atoms with van der Waals surface area (Å²) in [6.45, 7) is 4.34. The Morgan fingerprint density at radius 3 is 2.15 bits per heavy atom. The fourth-order valence-corrected chi connectivity index (χ4v) is 1.93. The zero-order valence-electron chi connectivity index (χ0n) is 15.6. The van der Waals surface area contributed by atoms with Crippen LogP contribution in [0.1, 0.15) is 31.1 Å². The lowest BCUT2D eigenvalue weighted by Crippen LogP contribution is -2.49. The Kier molecular flexibility index (Phi) is 7.09. The zero-order valence-corrected chi connectivity index (χ0v) is 15.6. The van der Waals surface area contributed by atoms with Crippen LogP contribution >= 0.6 is 0 Å². The number of nitrogens with one attached hydrogen (secondary N) is 2. The molecule has 0 spiro atoms. The summed E-state index contributed by atoms with van der Waals surface area (Å²) in [7, 11) is 2.58. The van der Waals surface area contributed by atoms with Gasteiger partial charge in [-0.1, -0.05) is 0 Å². The van der Waals surface area contributed by atoms with E-state index in [0.29, 0.717) is 0 Å². The van der Waals surface area contributed by atoms with E-state index in [2.05, 4.69) is 5.32 Å². The Morgan fingerprint density at radius 1 is 1.11 bits per heavy atom. The van der Waals surface area contributed by atoms with Crippen LogP contribution in [0.5, 0.6) is 11.5 Å². The number of hydrogen-bond donors (Lipinski definition) is 2. The highest BCUT2D eigenvalue weighted by molar-refractivity contribution is 5.98. The number of rotatable bonds is 6. The minimum Gasteiger partial charge on any atom is -0.493 e. The van der Waals surface area contributed by atoms with E-state index in [1.807, 2.05) is 5.32 Å². The molecule has 1 rings (SSSR count). The predicted octanol–water partition coefficient (Wildman–Crippen LogP) is 1.39. The van der Waals surface area contributed by atoms with Crippen LogP contribution in [-0.4, -0.2) is 49.2 Å². The molecule has 148 valence electrons. The number of benzene rings is 1. The molecule has 27 heavy (non-hydrogen) atoms. The molecule has 3 amide bonds. The largest absolute Gasteiger partial charge is 0.493 e. The zero-order chi connectivity index (χ0) is 20.8. The number of nitro groups is 1. The molecule has 2 N–H and O–H groups in total. The molecule has 0 heterocycles. The van der Waals surface area contributed by atoms with Gasteiger partial charge in [0.2, 0.25) is 0 Å². The van der Waals surface area contributed by atoms with Crippen molar-refractivity contribution in [1.82, 2.24) is 10.6 Å². The first-order chi connectivity index (χ1) is 12.5. The van der Waals surface area contributed by atoms with Crippen molar-refractivity contribution in [2.75, 3.05) is 20.8 Å². The molecule has 0 saturated carbocycles. The minimum atomic E-state index is -1.13. The van der Waals surface area contributed by atoms with Crippen LogP contribution in [-0.2, 0) is 9.53 Å². The van der Waals surface area contributed by atoms with Gasteiger partial charge in [0.25, 0.3) is 11.6 Å². The standard InChI is InChI=1S/C16H21N3O8/c1-16(2,3)18-15(22)17-13(20)8-27-14(21)9-6-11(25-4)12(26-5)7-10(9)19(23)24/h6-7H,8H2,1-5H3,(H2,17,18,20,22). The summed E-state index contributed by atoms with van der Waals surface area (Å²) in [5.41, 5.74) is -1.57. The summed E-state index contributed by atoms with van der Waals surface area (Å²) >= 11 is 0. The smallest absolute Gasteiger partial charge is 0.345 e. The molecule has 0 atom stereocenters. The molecule has 0 radical (unpaired) electrons. The molecular weight excluding hydrogens is 362 g/mol. The maximum absolute atomic E-state index is 12.2. The van der Waals surface area contributed by atoms with E-state index in [-0.39, 0.29) is 11.5 Å². The number of carbonyl (C=O) groups excluding carboxylic acids is 3. The van der Waals surface area contributed by atoms with E-state index in [4.69, 9.17) is 14.2 Å². The third kappa shape index (κ3) is 6.45. The lowest BCUT2D eigenvalue weighted by atomic mass is 10.1. The van der Waals surface area contributed by atoms with Crippen LogP contribution in [0.3, 0.4) is 0 Å². The third-order valence-corrected chi connectivity index (χ3v) is 2.99. The molecule has 0 fully saturated rings. The van der Waals surface area contributed by atoms with Crippen LogP contribution in [0, 0.1) is 10.1 Å². The van der Waals surface area contributed by atoms with Crippen molar-refractivity contribution < 1.29 is 33.5 Å². The van der Waals surface area contributed by atoms with E-state index in [1.165, 1.54) is 14.2 Å². The lowest BCUT2D eigenvalue weighted by molar-refractivity contribution is -0.385. The van der Waals surface area contributed by atoms with E-state index >= 15 is 0 Å². The third-order valence-electron chi connectivity index (χ3n) is 2.99. The van der Waals surface area contributed by atoms with E-state index in [1.54, 1.807) is 20.8 Å². The quantitative estimate of drug-likeness (QED) is 0.426. The molecular formula is C16H21N3O8. The highest BCUT2D eigenvalue weighted by atomic mass is 16.6. The van der Waals surface area contributed by atoms with Crippen LogP contribution in [0.15, 0.2) is 12.1 Å². The number of nitro benzene ring substituents is 1. The maximum Gasteiger partial charge on any atom is 0.345 e. The van der Waals surface area contributed by atoms with Gasteiger partial charge in [-0.05, 0) is 20.8 Å². The Balaban J connectivity index is 2.86. The van der Waals surface area contributed by atoms with Crippen LogP contribution in [0.4, 0.5) is 10.5 Å². The number of methoxy groups -OCH3 is 2. The van der Waals surface area contributed by atoms with Gasteiger partial charge >= 0.3 is 12.0 Å². The first-order valence-electron chi connectivity index (χ1n) is 7.68. The summed E-state index contributed by atoms with van der Waals surface area (Å²) in [5.74, 6) is -1.90. The van der Waals surface area contributed by atoms with Gasteiger partial charge in [0, 0.05) is 11.6 Å². The van der Waals surface area contributed by atoms with E-state index < -0.39 is 46.2 Å². The highest BCUT2D eigenvalue weighted by Gasteiger charge is 2.26. The van der Waals surface area contributed by atoms with Gasteiger partial charge in [-0.3, -0.25) is 20.2 Å². The number of urea groups is 1. The first-order valence-corrected chi connectivity index (χ1v) is 7.68. The fourth-order valence-electron chi connectivity index (χ4n) is 1.93. The number of imide groups is 1. The Morgan fingerprint density at radius 2 is 1.67 bits per heavy atom. The second-order valence-corrected chi connectivity index (χ2v) is 6.31. The lowest BCUT2D eigenvalue weighted by Gasteiger charge is -2.20. The molecule has 0 saturated heterocycles. The molecule has 1 aromatic rings. The molecule has 0 bridgehead atoms. The summed E-state index contributed by atoms with van der Waals surface area (Å²) < 4.78 is 14.7. The second kappa shape index (κ2) is 8.83. The molecule has 1 aromatic carbocycles. The van der Waals surface area contributed by atoms with Gasteiger partial charge < -0.3 is 19.5 Å². The van der Waals surface area contributed by atoms with Crippen molar-refractivity contribution in [2.45, 2.75) is 26.3 Å². The van der Waals surface area contributed by atoms with Crippen molar-refractivity contribution in [2.24, 2.45) is 0 Å². The summed E-state index contributed by atoms with van der Waals surface area (Å²) in [6, 6.07) is 1.32. The van der Waals surface area contributed by atoms with Crippen molar-refractivity contribution in [3.8, 4) is 11.5 Å². The number of nitrogens with zero attached hydrogens (tertiary/aromatic N) is 1. The molecule has 11 nitrogen and oxygen atoms in total. The van der Waals surface area contributed by atoms with Gasteiger partial charge in [0.15, 0.2) is 18.1 Å². The van der Waals surface area contributed by atoms with Crippen molar-refractivity contribution in [1.29, 1.82) is 0 Å². The van der Waals surface area contributed by atoms with E-state index in [9.17, 15) is 24.5 Å². The molecule has 0 aliphatic carbocycles. The predicted molar refractivity (Wildman–Crippen MR) is 92.9 cm³/mol. The Bertz CT molecular complexity index is 755. The van der Waals surface area contributed by atoms with Crippen molar-refractivity contribution in [3.63, 3.8) is 0 Å². The Hall–Kier alpha value is -3.37. The average Bonchev–Trinajstić information content (AvgIpc) is 2.56. The first kappa shape index (κ1) is 21.7. The SMILES string of the molecule is COc1cc(C(=O)OCC(=O)NC(=O)NC(C)(C)C)c([N+](=O)[O-])cc1OC. The normalized spacial score (nSPS) is 10.6. The highest BCUT2D eigenvalue weighted by Crippen LogP contribution is 2.34. The monoisotopic (exact) mass is 383 g/mol. The second-order valence-electron chi connectivity index (χ2n) is 6.31. The van der Waals surface area contributed by atoms with Gasteiger partial charge in [-0.2, -0.15) is 0 Å². The fraction of sp³-hybridized carbons (Fsp3) is 0.438. The maximum atomic E-state index is 12.2. The van der Waals surface area contributed by atoms with Gasteiger partial charge in [-0.25, -0.2) is 9.59 Å². The van der Waals surface area contributed by atoms with Crippen LogP contribution in [0.2, 0.25) is 0 Å². The number of esters is 1. The number of carbonyl (C=O) groups is 3. The van der Waals surface area contributed by atoms with Crippen molar-refractivity contribution in [3.05, 3.63) is 27.8 Å².